The summed E-state index contributed by atoms with van der Waals surface area (Å²) in [5, 5.41) is 1.98. The van der Waals surface area contributed by atoms with Crippen LogP contribution >= 0.6 is 11.3 Å². The van der Waals surface area contributed by atoms with Crippen molar-refractivity contribution in [1.29, 1.82) is 0 Å². The maximum Gasteiger partial charge on any atom is 0.228 e. The van der Waals surface area contributed by atoms with Gasteiger partial charge in [0.25, 0.3) is 0 Å². The van der Waals surface area contributed by atoms with Gasteiger partial charge in [0.1, 0.15) is 5.82 Å². The number of hydrogen-bond acceptors (Lipinski definition) is 4. The Balaban J connectivity index is 1.51. The lowest BCUT2D eigenvalue weighted by Crippen LogP contribution is -2.50. The first kappa shape index (κ1) is 24.4. The largest absolute Gasteiger partial charge is 0.340 e. The van der Waals surface area contributed by atoms with Gasteiger partial charge in [-0.3, -0.25) is 14.5 Å². The van der Waals surface area contributed by atoms with Crippen LogP contribution in [0.5, 0.6) is 0 Å². The summed E-state index contributed by atoms with van der Waals surface area (Å²) in [6, 6.07) is 10.3. The van der Waals surface area contributed by atoms with Crippen molar-refractivity contribution in [2.24, 2.45) is 0 Å². The Morgan fingerprint density at radius 3 is 2.47 bits per heavy atom. The summed E-state index contributed by atoms with van der Waals surface area (Å²) >= 11 is 1.59. The Hall–Kier alpha value is -2.25. The molecule has 7 heteroatoms. The highest BCUT2D eigenvalue weighted by Gasteiger charge is 2.22. The van der Waals surface area contributed by atoms with Crippen molar-refractivity contribution >= 4 is 23.2 Å². The molecule has 0 N–H and O–H groups in total. The predicted molar refractivity (Wildman–Crippen MR) is 127 cm³/mol. The molecule has 0 unspecified atom stereocenters. The van der Waals surface area contributed by atoms with Gasteiger partial charge in [-0.15, -0.1) is 11.3 Å². The fourth-order valence-electron chi connectivity index (χ4n) is 3.94. The number of halogens is 1. The number of unbranched alkanes of at least 4 members (excludes halogenated alkanes) is 2. The molecular weight excluding hydrogens is 425 g/mol. The smallest absolute Gasteiger partial charge is 0.228 e. The summed E-state index contributed by atoms with van der Waals surface area (Å²) in [5.41, 5.74) is 0.924. The second-order valence-corrected chi connectivity index (χ2v) is 9.41. The van der Waals surface area contributed by atoms with Crippen molar-refractivity contribution < 1.29 is 14.0 Å². The fraction of sp³-hybridized carbons (Fsp3) is 0.520. The first-order valence-electron chi connectivity index (χ1n) is 11.6. The molecule has 2 amide bonds. The maximum absolute atomic E-state index is 13.3. The maximum atomic E-state index is 13.3. The molecule has 32 heavy (non-hydrogen) atoms. The number of thiophene rings is 1. The molecular formula is C25H34FN3O2S. The van der Waals surface area contributed by atoms with Crippen molar-refractivity contribution in [1.82, 2.24) is 14.7 Å². The molecule has 174 valence electrons. The SMILES string of the molecule is CCCCCC(=O)N1CCN(CCN(Cc2ccc(F)cc2)C(=O)Cc2cccs2)CC1. The van der Waals surface area contributed by atoms with E-state index in [1.54, 1.807) is 23.5 Å². The van der Waals surface area contributed by atoms with Gasteiger partial charge >= 0.3 is 0 Å². The van der Waals surface area contributed by atoms with Crippen LogP contribution in [-0.4, -0.2) is 65.8 Å². The van der Waals surface area contributed by atoms with Gasteiger partial charge in [-0.05, 0) is 35.6 Å². The number of benzene rings is 1. The van der Waals surface area contributed by atoms with Crippen molar-refractivity contribution in [2.75, 3.05) is 39.3 Å². The van der Waals surface area contributed by atoms with Gasteiger partial charge in [0, 0.05) is 57.1 Å². The van der Waals surface area contributed by atoms with E-state index < -0.39 is 0 Å². The molecule has 1 fully saturated rings. The zero-order valence-electron chi connectivity index (χ0n) is 19.0. The van der Waals surface area contributed by atoms with Crippen molar-refractivity contribution in [3.05, 3.63) is 58.0 Å². The Morgan fingerprint density at radius 2 is 1.81 bits per heavy atom. The van der Waals surface area contributed by atoms with E-state index in [-0.39, 0.29) is 17.6 Å². The zero-order chi connectivity index (χ0) is 22.8. The summed E-state index contributed by atoms with van der Waals surface area (Å²) < 4.78 is 13.3. The first-order valence-corrected chi connectivity index (χ1v) is 12.5. The van der Waals surface area contributed by atoms with E-state index in [4.69, 9.17) is 0 Å². The Kier molecular flexibility index (Phi) is 9.68. The zero-order valence-corrected chi connectivity index (χ0v) is 19.8. The summed E-state index contributed by atoms with van der Waals surface area (Å²) in [5.74, 6) is 0.0796. The minimum absolute atomic E-state index is 0.0847. The molecule has 1 aromatic heterocycles. The van der Waals surface area contributed by atoms with Gasteiger partial charge in [-0.2, -0.15) is 0 Å². The summed E-state index contributed by atoms with van der Waals surface area (Å²) in [6.07, 6.45) is 4.24. The molecule has 0 bridgehead atoms. The first-order chi connectivity index (χ1) is 15.5. The van der Waals surface area contributed by atoms with Crippen LogP contribution in [0.2, 0.25) is 0 Å². The van der Waals surface area contributed by atoms with Crippen molar-refractivity contribution in [3.8, 4) is 0 Å². The van der Waals surface area contributed by atoms with Crippen LogP contribution in [-0.2, 0) is 22.6 Å². The van der Waals surface area contributed by atoms with Gasteiger partial charge < -0.3 is 9.80 Å². The predicted octanol–water partition coefficient (Wildman–Crippen LogP) is 4.18. The average Bonchev–Trinajstić information content (AvgIpc) is 3.31. The van der Waals surface area contributed by atoms with Crippen LogP contribution in [0.15, 0.2) is 41.8 Å². The van der Waals surface area contributed by atoms with Gasteiger partial charge in [-0.25, -0.2) is 4.39 Å². The minimum Gasteiger partial charge on any atom is -0.340 e. The highest BCUT2D eigenvalue weighted by atomic mass is 32.1. The Bertz CT molecular complexity index is 833. The van der Waals surface area contributed by atoms with Gasteiger partial charge in [0.2, 0.25) is 11.8 Å². The normalized spacial score (nSPS) is 14.5. The van der Waals surface area contributed by atoms with Crippen LogP contribution in [0, 0.1) is 5.82 Å². The molecule has 2 heterocycles. The fourth-order valence-corrected chi connectivity index (χ4v) is 4.64. The van der Waals surface area contributed by atoms with E-state index >= 15 is 0 Å². The van der Waals surface area contributed by atoms with Crippen LogP contribution in [0.4, 0.5) is 4.39 Å². The van der Waals surface area contributed by atoms with E-state index in [1.165, 1.54) is 12.1 Å². The molecule has 0 saturated carbocycles. The lowest BCUT2D eigenvalue weighted by atomic mass is 10.1. The number of rotatable bonds is 11. The summed E-state index contributed by atoms with van der Waals surface area (Å²) in [7, 11) is 0. The number of carbonyl (C=O) groups is 2. The molecule has 0 atom stereocenters. The van der Waals surface area contributed by atoms with Crippen LogP contribution < -0.4 is 0 Å². The van der Waals surface area contributed by atoms with E-state index in [2.05, 4.69) is 11.8 Å². The summed E-state index contributed by atoms with van der Waals surface area (Å²) in [4.78, 5) is 32.6. The Morgan fingerprint density at radius 1 is 1.06 bits per heavy atom. The number of nitrogens with zero attached hydrogens (tertiary/aromatic N) is 3. The third-order valence-corrected chi connectivity index (χ3v) is 6.83. The van der Waals surface area contributed by atoms with Gasteiger partial charge in [-0.1, -0.05) is 38.0 Å². The molecule has 3 rings (SSSR count). The third kappa shape index (κ3) is 7.71. The molecule has 1 saturated heterocycles. The lowest BCUT2D eigenvalue weighted by molar-refractivity contribution is -0.133. The van der Waals surface area contributed by atoms with Crippen LogP contribution in [0.3, 0.4) is 0 Å². The molecule has 1 aliphatic heterocycles. The van der Waals surface area contributed by atoms with Gasteiger partial charge in [0.05, 0.1) is 6.42 Å². The standard InChI is InChI=1S/C25H34FN3O2S/c1-2-3-4-7-24(30)28-15-12-27(13-16-28)14-17-29(20-21-8-10-22(26)11-9-21)25(31)19-23-6-5-18-32-23/h5-6,8-11,18H,2-4,7,12-17,19-20H2,1H3. The van der Waals surface area contributed by atoms with E-state index in [1.807, 2.05) is 27.3 Å². The second-order valence-electron chi connectivity index (χ2n) is 8.38. The molecule has 5 nitrogen and oxygen atoms in total. The minimum atomic E-state index is -0.271. The summed E-state index contributed by atoms with van der Waals surface area (Å²) in [6.45, 7) is 7.19. The van der Waals surface area contributed by atoms with Crippen LogP contribution in [0.25, 0.3) is 0 Å². The number of amides is 2. The number of hydrogen-bond donors (Lipinski definition) is 0. The molecule has 0 spiro atoms. The molecule has 1 aromatic carbocycles. The van der Waals surface area contributed by atoms with Crippen molar-refractivity contribution in [2.45, 2.75) is 45.6 Å². The highest BCUT2D eigenvalue weighted by Crippen LogP contribution is 2.14. The quantitative estimate of drug-likeness (QED) is 0.474. The topological polar surface area (TPSA) is 43.9 Å². The molecule has 1 aliphatic rings. The Labute approximate surface area is 194 Å². The third-order valence-electron chi connectivity index (χ3n) is 5.95. The lowest BCUT2D eigenvalue weighted by Gasteiger charge is -2.36. The van der Waals surface area contributed by atoms with Crippen molar-refractivity contribution in [3.63, 3.8) is 0 Å². The number of carbonyl (C=O) groups excluding carboxylic acids is 2. The molecule has 0 radical (unpaired) electrons. The van der Waals surface area contributed by atoms with E-state index in [0.29, 0.717) is 25.9 Å². The second kappa shape index (κ2) is 12.7. The molecule has 2 aromatic rings. The van der Waals surface area contributed by atoms with Gasteiger partial charge in [0.15, 0.2) is 0 Å². The number of piperazine rings is 1. The molecule has 0 aliphatic carbocycles. The highest BCUT2D eigenvalue weighted by molar-refractivity contribution is 7.10. The monoisotopic (exact) mass is 459 g/mol. The van der Waals surface area contributed by atoms with Crippen LogP contribution in [0.1, 0.15) is 43.0 Å². The van der Waals surface area contributed by atoms with E-state index in [9.17, 15) is 14.0 Å². The average molecular weight is 460 g/mol. The van der Waals surface area contributed by atoms with E-state index in [0.717, 1.165) is 62.4 Å².